The standard InChI is InChI=1S/C11H20N4/c1-2-15-8-4-11(13-15)3-7-14-9-5-12-6-10-14/h4,8,12H,2-3,5-7,9-10H2,1H3. The van der Waals surface area contributed by atoms with Gasteiger partial charge in [-0.15, -0.1) is 0 Å². The first kappa shape index (κ1) is 10.6. The zero-order valence-electron chi connectivity index (χ0n) is 9.45. The van der Waals surface area contributed by atoms with Crippen molar-refractivity contribution in [1.29, 1.82) is 0 Å². The van der Waals surface area contributed by atoms with Gasteiger partial charge in [-0.25, -0.2) is 0 Å². The first-order valence-corrected chi connectivity index (χ1v) is 5.84. The molecule has 1 N–H and O–H groups in total. The van der Waals surface area contributed by atoms with Gasteiger partial charge in [0.25, 0.3) is 0 Å². The second-order valence-electron chi connectivity index (χ2n) is 4.00. The van der Waals surface area contributed by atoms with Gasteiger partial charge in [-0.1, -0.05) is 0 Å². The zero-order chi connectivity index (χ0) is 10.5. The molecule has 1 aromatic rings. The predicted molar refractivity (Wildman–Crippen MR) is 60.9 cm³/mol. The summed E-state index contributed by atoms with van der Waals surface area (Å²) < 4.78 is 1.99. The number of hydrogen-bond acceptors (Lipinski definition) is 3. The SMILES string of the molecule is CCn1ccc(CCN2CCNCC2)n1. The van der Waals surface area contributed by atoms with Crippen molar-refractivity contribution >= 4 is 0 Å². The highest BCUT2D eigenvalue weighted by atomic mass is 15.3. The molecule has 15 heavy (non-hydrogen) atoms. The molecule has 0 bridgehead atoms. The van der Waals surface area contributed by atoms with Crippen LogP contribution in [0.3, 0.4) is 0 Å². The highest BCUT2D eigenvalue weighted by molar-refractivity contribution is 4.99. The molecule has 4 heteroatoms. The van der Waals surface area contributed by atoms with Crippen LogP contribution in [0.15, 0.2) is 12.3 Å². The van der Waals surface area contributed by atoms with E-state index in [1.807, 2.05) is 4.68 Å². The summed E-state index contributed by atoms with van der Waals surface area (Å²) in [6, 6.07) is 2.13. The summed E-state index contributed by atoms with van der Waals surface area (Å²) in [4.78, 5) is 2.50. The fourth-order valence-electron chi connectivity index (χ4n) is 1.92. The minimum absolute atomic E-state index is 0.966. The van der Waals surface area contributed by atoms with Gasteiger partial charge in [0.1, 0.15) is 0 Å². The molecule has 0 aliphatic carbocycles. The van der Waals surface area contributed by atoms with E-state index in [0.29, 0.717) is 0 Å². The van der Waals surface area contributed by atoms with Crippen LogP contribution < -0.4 is 5.32 Å². The average Bonchev–Trinajstić information content (AvgIpc) is 2.76. The second kappa shape index (κ2) is 5.28. The molecule has 1 aliphatic heterocycles. The Bertz CT molecular complexity index is 289. The van der Waals surface area contributed by atoms with Crippen LogP contribution in [0.1, 0.15) is 12.6 Å². The smallest absolute Gasteiger partial charge is 0.0637 e. The van der Waals surface area contributed by atoms with E-state index in [1.165, 1.54) is 18.8 Å². The molecule has 0 atom stereocenters. The van der Waals surface area contributed by atoms with E-state index in [9.17, 15) is 0 Å². The van der Waals surface area contributed by atoms with Gasteiger partial charge < -0.3 is 10.2 Å². The van der Waals surface area contributed by atoms with Crippen LogP contribution in [0.25, 0.3) is 0 Å². The van der Waals surface area contributed by atoms with Gasteiger partial charge in [-0.3, -0.25) is 4.68 Å². The van der Waals surface area contributed by atoms with Gasteiger partial charge in [-0.2, -0.15) is 5.10 Å². The van der Waals surface area contributed by atoms with Crippen LogP contribution in [-0.4, -0.2) is 47.4 Å². The van der Waals surface area contributed by atoms with Crippen molar-refractivity contribution in [1.82, 2.24) is 20.0 Å². The minimum atomic E-state index is 0.966. The molecule has 1 aromatic heterocycles. The maximum Gasteiger partial charge on any atom is 0.0637 e. The van der Waals surface area contributed by atoms with E-state index < -0.39 is 0 Å². The number of nitrogens with zero attached hydrogens (tertiary/aromatic N) is 3. The Morgan fingerprint density at radius 3 is 2.87 bits per heavy atom. The number of hydrogen-bond donors (Lipinski definition) is 1. The topological polar surface area (TPSA) is 33.1 Å². The van der Waals surface area contributed by atoms with Gasteiger partial charge in [0.2, 0.25) is 0 Å². The van der Waals surface area contributed by atoms with Crippen molar-refractivity contribution in [3.63, 3.8) is 0 Å². The third-order valence-corrected chi connectivity index (χ3v) is 2.91. The van der Waals surface area contributed by atoms with E-state index in [1.54, 1.807) is 0 Å². The quantitative estimate of drug-likeness (QED) is 0.775. The molecule has 0 radical (unpaired) electrons. The Morgan fingerprint density at radius 2 is 2.20 bits per heavy atom. The van der Waals surface area contributed by atoms with Crippen molar-refractivity contribution in [2.45, 2.75) is 19.9 Å². The lowest BCUT2D eigenvalue weighted by Gasteiger charge is -2.26. The number of piperazine rings is 1. The number of aromatic nitrogens is 2. The van der Waals surface area contributed by atoms with Crippen molar-refractivity contribution in [2.24, 2.45) is 0 Å². The van der Waals surface area contributed by atoms with Gasteiger partial charge >= 0.3 is 0 Å². The monoisotopic (exact) mass is 208 g/mol. The summed E-state index contributed by atoms with van der Waals surface area (Å²) in [7, 11) is 0. The Morgan fingerprint density at radius 1 is 1.40 bits per heavy atom. The molecule has 2 rings (SSSR count). The number of nitrogens with one attached hydrogen (secondary N) is 1. The zero-order valence-corrected chi connectivity index (χ0v) is 9.45. The van der Waals surface area contributed by atoms with Crippen LogP contribution >= 0.6 is 0 Å². The molecule has 4 nitrogen and oxygen atoms in total. The maximum atomic E-state index is 4.49. The first-order valence-electron chi connectivity index (χ1n) is 5.84. The molecule has 1 saturated heterocycles. The molecule has 1 fully saturated rings. The molecular weight excluding hydrogens is 188 g/mol. The summed E-state index contributed by atoms with van der Waals surface area (Å²) in [5.41, 5.74) is 1.22. The second-order valence-corrected chi connectivity index (χ2v) is 4.00. The maximum absolute atomic E-state index is 4.49. The van der Waals surface area contributed by atoms with Crippen LogP contribution in [0, 0.1) is 0 Å². The summed E-state index contributed by atoms with van der Waals surface area (Å²) in [6.45, 7) is 8.83. The van der Waals surface area contributed by atoms with Crippen LogP contribution in [0.2, 0.25) is 0 Å². The Labute approximate surface area is 91.3 Å². The van der Waals surface area contributed by atoms with Gasteiger partial charge in [-0.05, 0) is 13.0 Å². The average molecular weight is 208 g/mol. The Kier molecular flexibility index (Phi) is 3.75. The molecule has 2 heterocycles. The van der Waals surface area contributed by atoms with Crippen molar-refractivity contribution in [2.75, 3.05) is 32.7 Å². The van der Waals surface area contributed by atoms with Gasteiger partial charge in [0, 0.05) is 51.9 Å². The number of rotatable bonds is 4. The summed E-state index contributed by atoms with van der Waals surface area (Å²) in [5.74, 6) is 0. The first-order chi connectivity index (χ1) is 7.38. The van der Waals surface area contributed by atoms with E-state index in [4.69, 9.17) is 0 Å². The summed E-state index contributed by atoms with van der Waals surface area (Å²) >= 11 is 0. The molecule has 84 valence electrons. The van der Waals surface area contributed by atoms with Crippen LogP contribution in [0.5, 0.6) is 0 Å². The highest BCUT2D eigenvalue weighted by Gasteiger charge is 2.09. The third kappa shape index (κ3) is 3.04. The van der Waals surface area contributed by atoms with Gasteiger partial charge in [0.05, 0.1) is 5.69 Å². The van der Waals surface area contributed by atoms with Crippen LogP contribution in [-0.2, 0) is 13.0 Å². The fraction of sp³-hybridized carbons (Fsp3) is 0.727. The van der Waals surface area contributed by atoms with Gasteiger partial charge in [0.15, 0.2) is 0 Å². The van der Waals surface area contributed by atoms with E-state index in [-0.39, 0.29) is 0 Å². The fourth-order valence-corrected chi connectivity index (χ4v) is 1.92. The van der Waals surface area contributed by atoms with Crippen molar-refractivity contribution in [3.8, 4) is 0 Å². The summed E-state index contributed by atoms with van der Waals surface area (Å²) in [5, 5.41) is 7.85. The minimum Gasteiger partial charge on any atom is -0.314 e. The van der Waals surface area contributed by atoms with Crippen molar-refractivity contribution in [3.05, 3.63) is 18.0 Å². The molecule has 0 aromatic carbocycles. The number of aryl methyl sites for hydroxylation is 1. The normalized spacial score (nSPS) is 18.2. The molecule has 0 spiro atoms. The lowest BCUT2D eigenvalue weighted by Crippen LogP contribution is -2.44. The molecular formula is C11H20N4. The van der Waals surface area contributed by atoms with Crippen LogP contribution in [0.4, 0.5) is 0 Å². The molecule has 0 amide bonds. The third-order valence-electron chi connectivity index (χ3n) is 2.91. The molecule has 0 saturated carbocycles. The molecule has 0 unspecified atom stereocenters. The van der Waals surface area contributed by atoms with E-state index in [2.05, 4.69) is 34.5 Å². The Hall–Kier alpha value is -0.870. The largest absolute Gasteiger partial charge is 0.314 e. The lowest BCUT2D eigenvalue weighted by molar-refractivity contribution is 0.243. The predicted octanol–water partition coefficient (Wildman–Crippen LogP) is 0.351. The lowest BCUT2D eigenvalue weighted by atomic mass is 10.2. The van der Waals surface area contributed by atoms with E-state index in [0.717, 1.165) is 32.6 Å². The summed E-state index contributed by atoms with van der Waals surface area (Å²) in [6.07, 6.45) is 3.14. The molecule has 1 aliphatic rings. The Balaban J connectivity index is 1.76. The van der Waals surface area contributed by atoms with E-state index >= 15 is 0 Å². The highest BCUT2D eigenvalue weighted by Crippen LogP contribution is 2.00. The van der Waals surface area contributed by atoms with Crippen molar-refractivity contribution < 1.29 is 0 Å².